The van der Waals surface area contributed by atoms with Crippen molar-refractivity contribution < 1.29 is 18.7 Å². The zero-order valence-electron chi connectivity index (χ0n) is 16.1. The molecule has 2 N–H and O–H groups in total. The number of benzene rings is 2. The van der Waals surface area contributed by atoms with Crippen molar-refractivity contribution in [3.05, 3.63) is 76.9 Å². The highest BCUT2D eigenvalue weighted by Crippen LogP contribution is 2.25. The van der Waals surface area contributed by atoms with Crippen LogP contribution in [0.3, 0.4) is 0 Å². The number of oxazole rings is 1. The molecule has 0 aliphatic carbocycles. The van der Waals surface area contributed by atoms with Gasteiger partial charge in [-0.15, -0.1) is 0 Å². The summed E-state index contributed by atoms with van der Waals surface area (Å²) in [6.07, 6.45) is 0.0424. The first kappa shape index (κ1) is 19.8. The largest absolute Gasteiger partial charge is 0.441 e. The number of halogens is 1. The smallest absolute Gasteiger partial charge is 0.226 e. The molecule has 1 aromatic heterocycles. The van der Waals surface area contributed by atoms with E-state index in [1.807, 2.05) is 31.2 Å². The molecule has 0 aliphatic heterocycles. The summed E-state index contributed by atoms with van der Waals surface area (Å²) in [5.41, 5.74) is 1.69. The van der Waals surface area contributed by atoms with Gasteiger partial charge in [-0.3, -0.25) is 4.79 Å². The zero-order chi connectivity index (χ0) is 20.3. The van der Waals surface area contributed by atoms with Gasteiger partial charge in [-0.1, -0.05) is 30.3 Å². The van der Waals surface area contributed by atoms with Crippen LogP contribution in [0, 0.1) is 19.7 Å². The molecule has 146 valence electrons. The lowest BCUT2D eigenvalue weighted by Crippen LogP contribution is -2.39. The van der Waals surface area contributed by atoms with Gasteiger partial charge in [0.25, 0.3) is 0 Å². The van der Waals surface area contributed by atoms with Crippen LogP contribution < -0.4 is 5.32 Å². The SMILES string of the molecule is Cc1ccccc1-c1nc(CC(=O)NCC(C)(O)c2ccc(F)cc2)c(C)o1. The number of hydrogen-bond donors (Lipinski definition) is 2. The predicted octanol–water partition coefficient (Wildman–Crippen LogP) is 3.66. The van der Waals surface area contributed by atoms with Gasteiger partial charge in [-0.05, 0) is 50.1 Å². The molecule has 28 heavy (non-hydrogen) atoms. The normalized spacial score (nSPS) is 13.2. The van der Waals surface area contributed by atoms with Crippen LogP contribution in [0.4, 0.5) is 4.39 Å². The molecule has 0 bridgehead atoms. The maximum atomic E-state index is 13.1. The van der Waals surface area contributed by atoms with Crippen LogP contribution in [-0.2, 0) is 16.8 Å². The van der Waals surface area contributed by atoms with Gasteiger partial charge < -0.3 is 14.8 Å². The molecular weight excluding hydrogens is 359 g/mol. The number of carbonyl (C=O) groups excluding carboxylic acids is 1. The van der Waals surface area contributed by atoms with E-state index in [4.69, 9.17) is 4.42 Å². The lowest BCUT2D eigenvalue weighted by atomic mass is 9.96. The first-order chi connectivity index (χ1) is 13.3. The standard InChI is InChI=1S/C22H23FN2O3/c1-14-6-4-5-7-18(14)21-25-19(15(2)28-21)12-20(26)24-13-22(3,27)16-8-10-17(23)11-9-16/h4-11,27H,12-13H2,1-3H3,(H,24,26). The summed E-state index contributed by atoms with van der Waals surface area (Å²) in [6.45, 7) is 5.31. The molecule has 3 aromatic rings. The van der Waals surface area contributed by atoms with Crippen LogP contribution in [0.15, 0.2) is 52.9 Å². The second kappa shape index (κ2) is 7.94. The fraction of sp³-hybridized carbons (Fsp3) is 0.273. The van der Waals surface area contributed by atoms with Crippen LogP contribution in [0.5, 0.6) is 0 Å². The van der Waals surface area contributed by atoms with E-state index < -0.39 is 5.60 Å². The maximum absolute atomic E-state index is 13.1. The molecule has 1 amide bonds. The summed E-state index contributed by atoms with van der Waals surface area (Å²) in [5, 5.41) is 13.3. The van der Waals surface area contributed by atoms with Gasteiger partial charge in [-0.25, -0.2) is 9.37 Å². The highest BCUT2D eigenvalue weighted by molar-refractivity contribution is 5.78. The predicted molar refractivity (Wildman–Crippen MR) is 104 cm³/mol. The number of aryl methyl sites for hydroxylation is 2. The Morgan fingerprint density at radius 1 is 1.18 bits per heavy atom. The van der Waals surface area contributed by atoms with Crippen molar-refractivity contribution in [3.63, 3.8) is 0 Å². The number of hydrogen-bond acceptors (Lipinski definition) is 4. The Morgan fingerprint density at radius 3 is 2.54 bits per heavy atom. The van der Waals surface area contributed by atoms with Gasteiger partial charge in [0, 0.05) is 5.56 Å². The molecule has 2 aromatic carbocycles. The fourth-order valence-electron chi connectivity index (χ4n) is 2.92. The molecule has 0 saturated heterocycles. The van der Waals surface area contributed by atoms with E-state index in [0.29, 0.717) is 22.9 Å². The van der Waals surface area contributed by atoms with Gasteiger partial charge >= 0.3 is 0 Å². The molecule has 3 rings (SSSR count). The van der Waals surface area contributed by atoms with Crippen molar-refractivity contribution >= 4 is 5.91 Å². The lowest BCUT2D eigenvalue weighted by Gasteiger charge is -2.24. The van der Waals surface area contributed by atoms with Gasteiger partial charge in [0.15, 0.2) is 0 Å². The Hall–Kier alpha value is -2.99. The van der Waals surface area contributed by atoms with E-state index in [-0.39, 0.29) is 24.7 Å². The summed E-state index contributed by atoms with van der Waals surface area (Å²) in [4.78, 5) is 16.8. The summed E-state index contributed by atoms with van der Waals surface area (Å²) < 4.78 is 18.8. The van der Waals surface area contributed by atoms with E-state index in [1.54, 1.807) is 13.8 Å². The number of carbonyl (C=O) groups is 1. The third-order valence-electron chi connectivity index (χ3n) is 4.69. The minimum Gasteiger partial charge on any atom is -0.441 e. The number of aliphatic hydroxyl groups is 1. The van der Waals surface area contributed by atoms with Crippen molar-refractivity contribution in [1.82, 2.24) is 10.3 Å². The fourth-order valence-corrected chi connectivity index (χ4v) is 2.92. The van der Waals surface area contributed by atoms with E-state index in [1.165, 1.54) is 24.3 Å². The molecule has 1 unspecified atom stereocenters. The van der Waals surface area contributed by atoms with Gasteiger partial charge in [0.1, 0.15) is 17.2 Å². The third-order valence-corrected chi connectivity index (χ3v) is 4.69. The molecular formula is C22H23FN2O3. The van der Waals surface area contributed by atoms with Crippen LogP contribution in [0.1, 0.15) is 29.5 Å². The summed E-state index contributed by atoms with van der Waals surface area (Å²) in [7, 11) is 0. The quantitative estimate of drug-likeness (QED) is 0.682. The Balaban J connectivity index is 1.65. The average Bonchev–Trinajstić information content (AvgIpc) is 3.01. The molecule has 5 nitrogen and oxygen atoms in total. The molecule has 0 saturated carbocycles. The zero-order valence-corrected chi connectivity index (χ0v) is 16.1. The monoisotopic (exact) mass is 382 g/mol. The van der Waals surface area contributed by atoms with Crippen molar-refractivity contribution in [3.8, 4) is 11.5 Å². The first-order valence-electron chi connectivity index (χ1n) is 9.04. The minimum absolute atomic E-state index is 0.000977. The number of nitrogens with one attached hydrogen (secondary N) is 1. The topological polar surface area (TPSA) is 75.4 Å². The number of rotatable bonds is 6. The maximum Gasteiger partial charge on any atom is 0.226 e. The Bertz CT molecular complexity index is 978. The highest BCUT2D eigenvalue weighted by atomic mass is 19.1. The van der Waals surface area contributed by atoms with Crippen molar-refractivity contribution in [2.45, 2.75) is 32.8 Å². The number of amides is 1. The van der Waals surface area contributed by atoms with E-state index >= 15 is 0 Å². The summed E-state index contributed by atoms with van der Waals surface area (Å²) >= 11 is 0. The third kappa shape index (κ3) is 4.46. The van der Waals surface area contributed by atoms with E-state index in [9.17, 15) is 14.3 Å². The molecule has 1 heterocycles. The minimum atomic E-state index is -1.31. The van der Waals surface area contributed by atoms with Crippen LogP contribution in [0.2, 0.25) is 0 Å². The van der Waals surface area contributed by atoms with Crippen molar-refractivity contribution in [1.29, 1.82) is 0 Å². The summed E-state index contributed by atoms with van der Waals surface area (Å²) in [5.74, 6) is 0.403. The second-order valence-electron chi connectivity index (χ2n) is 7.07. The summed E-state index contributed by atoms with van der Waals surface area (Å²) in [6, 6.07) is 13.3. The molecule has 0 fully saturated rings. The Labute approximate surface area is 163 Å². The van der Waals surface area contributed by atoms with Gasteiger partial charge in [0.05, 0.1) is 18.7 Å². The molecule has 0 spiro atoms. The molecule has 6 heteroatoms. The number of nitrogens with zero attached hydrogens (tertiary/aromatic N) is 1. The molecule has 0 radical (unpaired) electrons. The van der Waals surface area contributed by atoms with E-state index in [2.05, 4.69) is 10.3 Å². The van der Waals surface area contributed by atoms with E-state index in [0.717, 1.165) is 11.1 Å². The van der Waals surface area contributed by atoms with Gasteiger partial charge in [0.2, 0.25) is 11.8 Å². The Kier molecular flexibility index (Phi) is 5.61. The van der Waals surface area contributed by atoms with Crippen LogP contribution in [0.25, 0.3) is 11.5 Å². The molecule has 0 aliphatic rings. The Morgan fingerprint density at radius 2 is 1.86 bits per heavy atom. The van der Waals surface area contributed by atoms with Crippen LogP contribution in [-0.4, -0.2) is 22.5 Å². The van der Waals surface area contributed by atoms with Crippen molar-refractivity contribution in [2.24, 2.45) is 0 Å². The van der Waals surface area contributed by atoms with Crippen molar-refractivity contribution in [2.75, 3.05) is 6.54 Å². The average molecular weight is 382 g/mol. The van der Waals surface area contributed by atoms with Gasteiger partial charge in [-0.2, -0.15) is 0 Å². The number of aromatic nitrogens is 1. The first-order valence-corrected chi connectivity index (χ1v) is 9.04. The molecule has 1 atom stereocenters. The lowest BCUT2D eigenvalue weighted by molar-refractivity contribution is -0.121. The highest BCUT2D eigenvalue weighted by Gasteiger charge is 2.24. The van der Waals surface area contributed by atoms with Crippen LogP contribution >= 0.6 is 0 Å². The second-order valence-corrected chi connectivity index (χ2v) is 7.07.